The molecule has 2 unspecified atom stereocenters. The summed E-state index contributed by atoms with van der Waals surface area (Å²) in [5.74, 6) is 0.442. The molecule has 1 heterocycles. The Hall–Kier alpha value is -1.30. The normalized spacial score (nSPS) is 20.6. The van der Waals surface area contributed by atoms with Gasteiger partial charge < -0.3 is 19.5 Å². The van der Waals surface area contributed by atoms with Gasteiger partial charge in [0, 0.05) is 18.1 Å². The summed E-state index contributed by atoms with van der Waals surface area (Å²) < 4.78 is 10.9. The molecule has 1 aliphatic rings. The number of amides is 1. The van der Waals surface area contributed by atoms with Gasteiger partial charge in [-0.1, -0.05) is 17.7 Å². The molecular weight excluding hydrogens is 282 g/mol. The Morgan fingerprint density at radius 2 is 2.45 bits per heavy atom. The zero-order valence-corrected chi connectivity index (χ0v) is 12.0. The first kappa shape index (κ1) is 15.1. The number of nitrogens with zero attached hydrogens (tertiary/aromatic N) is 1. The van der Waals surface area contributed by atoms with E-state index < -0.39 is 6.10 Å². The maximum Gasteiger partial charge on any atom is 0.263 e. The first-order valence-corrected chi connectivity index (χ1v) is 6.91. The third kappa shape index (κ3) is 3.85. The van der Waals surface area contributed by atoms with Gasteiger partial charge in [-0.2, -0.15) is 0 Å². The molecule has 5 nitrogen and oxygen atoms in total. The van der Waals surface area contributed by atoms with Crippen molar-refractivity contribution >= 4 is 17.5 Å². The predicted octanol–water partition coefficient (Wildman–Crippen LogP) is 1.33. The quantitative estimate of drug-likeness (QED) is 0.911. The first-order valence-electron chi connectivity index (χ1n) is 6.53. The highest BCUT2D eigenvalue weighted by atomic mass is 35.5. The van der Waals surface area contributed by atoms with Crippen LogP contribution in [-0.4, -0.2) is 54.4 Å². The lowest BCUT2D eigenvalue weighted by molar-refractivity contribution is -0.146. The molecule has 1 aromatic carbocycles. The fourth-order valence-corrected chi connectivity index (χ4v) is 2.26. The third-order valence-corrected chi connectivity index (χ3v) is 3.35. The number of aliphatic hydroxyl groups excluding tert-OH is 1. The minimum absolute atomic E-state index is 0.0900. The molecule has 0 spiro atoms. The minimum Gasteiger partial charge on any atom is -0.481 e. The molecule has 1 fully saturated rings. The van der Waals surface area contributed by atoms with Crippen molar-refractivity contribution in [1.29, 1.82) is 0 Å². The zero-order chi connectivity index (χ0) is 14.5. The Bertz CT molecular complexity index is 468. The number of ether oxygens (including phenoxy) is 2. The number of aliphatic hydroxyl groups is 1. The molecule has 1 amide bonds. The monoisotopic (exact) mass is 299 g/mol. The molecule has 0 bridgehead atoms. The van der Waals surface area contributed by atoms with Crippen molar-refractivity contribution in [3.8, 4) is 5.75 Å². The molecule has 0 saturated carbocycles. The van der Waals surface area contributed by atoms with Crippen molar-refractivity contribution in [2.24, 2.45) is 0 Å². The van der Waals surface area contributed by atoms with E-state index in [1.165, 1.54) is 0 Å². The van der Waals surface area contributed by atoms with E-state index in [0.717, 1.165) is 0 Å². The van der Waals surface area contributed by atoms with Gasteiger partial charge >= 0.3 is 0 Å². The second-order valence-electron chi connectivity index (χ2n) is 4.68. The van der Waals surface area contributed by atoms with Crippen LogP contribution in [-0.2, 0) is 9.53 Å². The number of carbonyl (C=O) groups is 1. The van der Waals surface area contributed by atoms with Crippen molar-refractivity contribution in [2.75, 3.05) is 26.3 Å². The molecule has 0 radical (unpaired) electrons. The lowest BCUT2D eigenvalue weighted by Gasteiger charge is -2.33. The molecule has 2 atom stereocenters. The van der Waals surface area contributed by atoms with Gasteiger partial charge in [-0.25, -0.2) is 0 Å². The minimum atomic E-state index is -0.606. The first-order chi connectivity index (χ1) is 9.60. The highest BCUT2D eigenvalue weighted by molar-refractivity contribution is 6.30. The molecule has 0 aromatic heterocycles. The maximum absolute atomic E-state index is 12.3. The van der Waals surface area contributed by atoms with Gasteiger partial charge in [-0.15, -0.1) is 0 Å². The summed E-state index contributed by atoms with van der Waals surface area (Å²) in [5.41, 5.74) is 0. The van der Waals surface area contributed by atoms with Crippen LogP contribution in [0.2, 0.25) is 5.02 Å². The van der Waals surface area contributed by atoms with Crippen LogP contribution in [0.15, 0.2) is 24.3 Å². The van der Waals surface area contributed by atoms with Gasteiger partial charge in [-0.3, -0.25) is 4.79 Å². The smallest absolute Gasteiger partial charge is 0.263 e. The van der Waals surface area contributed by atoms with Crippen LogP contribution in [0.1, 0.15) is 6.92 Å². The third-order valence-electron chi connectivity index (χ3n) is 3.11. The highest BCUT2D eigenvalue weighted by Crippen LogP contribution is 2.19. The van der Waals surface area contributed by atoms with Crippen molar-refractivity contribution in [2.45, 2.75) is 19.1 Å². The SMILES string of the molecule is CC(Oc1cccc(Cl)c1)C(=O)N1CCOC(CO)C1. The number of hydrogen-bond donors (Lipinski definition) is 1. The topological polar surface area (TPSA) is 59.0 Å². The summed E-state index contributed by atoms with van der Waals surface area (Å²) in [6, 6.07) is 6.94. The average molecular weight is 300 g/mol. The van der Waals surface area contributed by atoms with E-state index in [1.807, 2.05) is 0 Å². The molecule has 1 N–H and O–H groups in total. The Balaban J connectivity index is 1.94. The number of hydrogen-bond acceptors (Lipinski definition) is 4. The number of halogens is 1. The van der Waals surface area contributed by atoms with Crippen LogP contribution < -0.4 is 4.74 Å². The number of carbonyl (C=O) groups excluding carboxylic acids is 1. The van der Waals surface area contributed by atoms with Crippen LogP contribution in [0.4, 0.5) is 0 Å². The molecule has 1 saturated heterocycles. The molecule has 0 aliphatic carbocycles. The van der Waals surface area contributed by atoms with E-state index in [1.54, 1.807) is 36.1 Å². The van der Waals surface area contributed by atoms with Crippen molar-refractivity contribution < 1.29 is 19.4 Å². The van der Waals surface area contributed by atoms with Gasteiger partial charge in [-0.05, 0) is 25.1 Å². The molecule has 6 heteroatoms. The summed E-state index contributed by atoms with van der Waals surface area (Å²) in [6.45, 7) is 2.94. The van der Waals surface area contributed by atoms with Crippen LogP contribution in [0.3, 0.4) is 0 Å². The fraction of sp³-hybridized carbons (Fsp3) is 0.500. The van der Waals surface area contributed by atoms with E-state index >= 15 is 0 Å². The van der Waals surface area contributed by atoms with Crippen molar-refractivity contribution in [3.63, 3.8) is 0 Å². The molecular formula is C14H18ClNO4. The second kappa shape index (κ2) is 6.92. The van der Waals surface area contributed by atoms with Gasteiger partial charge in [0.1, 0.15) is 5.75 Å². The summed E-state index contributed by atoms with van der Waals surface area (Å²) >= 11 is 5.87. The number of benzene rings is 1. The summed E-state index contributed by atoms with van der Waals surface area (Å²) in [7, 11) is 0. The molecule has 20 heavy (non-hydrogen) atoms. The summed E-state index contributed by atoms with van der Waals surface area (Å²) in [5, 5.41) is 9.65. The maximum atomic E-state index is 12.3. The highest BCUT2D eigenvalue weighted by Gasteiger charge is 2.27. The van der Waals surface area contributed by atoms with Crippen molar-refractivity contribution in [3.05, 3.63) is 29.3 Å². The van der Waals surface area contributed by atoms with E-state index in [9.17, 15) is 4.79 Å². The van der Waals surface area contributed by atoms with E-state index in [4.69, 9.17) is 26.2 Å². The van der Waals surface area contributed by atoms with Crippen LogP contribution in [0, 0.1) is 0 Å². The van der Waals surface area contributed by atoms with Gasteiger partial charge in [0.25, 0.3) is 5.91 Å². The van der Waals surface area contributed by atoms with E-state index in [-0.39, 0.29) is 18.6 Å². The average Bonchev–Trinajstić information content (AvgIpc) is 2.46. The van der Waals surface area contributed by atoms with E-state index in [0.29, 0.717) is 30.5 Å². The van der Waals surface area contributed by atoms with E-state index in [2.05, 4.69) is 0 Å². The Kier molecular flexibility index (Phi) is 5.23. The van der Waals surface area contributed by atoms with Gasteiger partial charge in [0.05, 0.1) is 19.3 Å². The second-order valence-corrected chi connectivity index (χ2v) is 5.11. The Labute approximate surface area is 123 Å². The lowest BCUT2D eigenvalue weighted by atomic mass is 10.2. The fourth-order valence-electron chi connectivity index (χ4n) is 2.08. The predicted molar refractivity (Wildman–Crippen MR) is 74.9 cm³/mol. The number of morpholine rings is 1. The van der Waals surface area contributed by atoms with Crippen molar-refractivity contribution in [1.82, 2.24) is 4.90 Å². The lowest BCUT2D eigenvalue weighted by Crippen LogP contribution is -2.50. The molecule has 2 rings (SSSR count). The Morgan fingerprint density at radius 3 is 3.15 bits per heavy atom. The van der Waals surface area contributed by atoms with Gasteiger partial charge in [0.15, 0.2) is 6.10 Å². The Morgan fingerprint density at radius 1 is 1.65 bits per heavy atom. The van der Waals surface area contributed by atoms with Crippen LogP contribution >= 0.6 is 11.6 Å². The van der Waals surface area contributed by atoms with Crippen LogP contribution in [0.5, 0.6) is 5.75 Å². The molecule has 1 aromatic rings. The largest absolute Gasteiger partial charge is 0.481 e. The standard InChI is InChI=1S/C14H18ClNO4/c1-10(20-12-4-2-3-11(15)7-12)14(18)16-5-6-19-13(8-16)9-17/h2-4,7,10,13,17H,5-6,8-9H2,1H3. The number of rotatable bonds is 4. The van der Waals surface area contributed by atoms with Gasteiger partial charge in [0.2, 0.25) is 0 Å². The van der Waals surface area contributed by atoms with Crippen LogP contribution in [0.25, 0.3) is 0 Å². The zero-order valence-electron chi connectivity index (χ0n) is 11.3. The summed E-state index contributed by atoms with van der Waals surface area (Å²) in [6.07, 6.45) is -0.919. The molecule has 110 valence electrons. The summed E-state index contributed by atoms with van der Waals surface area (Å²) in [4.78, 5) is 13.9. The molecule has 1 aliphatic heterocycles.